The fourth-order valence-electron chi connectivity index (χ4n) is 5.40. The molecule has 2 aromatic heterocycles. The van der Waals surface area contributed by atoms with Crippen LogP contribution in [0.1, 0.15) is 30.3 Å². The van der Waals surface area contributed by atoms with Gasteiger partial charge in [0, 0.05) is 30.5 Å². The van der Waals surface area contributed by atoms with Crippen LogP contribution in [0.3, 0.4) is 0 Å². The summed E-state index contributed by atoms with van der Waals surface area (Å²) in [5, 5.41) is 20.7. The monoisotopic (exact) mass is 517 g/mol. The number of nitrogens with two attached hydrogens (primary N) is 1. The van der Waals surface area contributed by atoms with Gasteiger partial charge >= 0.3 is 0 Å². The zero-order chi connectivity index (χ0) is 26.4. The highest BCUT2D eigenvalue weighted by atomic mass is 16.5. The average molecular weight is 518 g/mol. The number of aromatic nitrogens is 3. The highest BCUT2D eigenvalue weighted by molar-refractivity contribution is 5.94. The number of hydrogen-bond donors (Lipinski definition) is 2. The molecule has 2 aromatic carbocycles. The quantitative estimate of drug-likeness (QED) is 0.397. The summed E-state index contributed by atoms with van der Waals surface area (Å²) >= 11 is 0. The molecule has 198 valence electrons. The maximum Gasteiger partial charge on any atom is 0.240 e. The lowest BCUT2D eigenvalue weighted by Crippen LogP contribution is -2.37. The SMILES string of the molecule is COc1nn(-c2ccc3onc(N)c3c2)c2c1CCN(c1ccc(N(C)C(=O)CN3CCCC3)cc1)C2O. The van der Waals surface area contributed by atoms with Crippen LogP contribution in [0.4, 0.5) is 17.2 Å². The van der Waals surface area contributed by atoms with E-state index in [1.165, 1.54) is 0 Å². The number of anilines is 3. The van der Waals surface area contributed by atoms with Crippen molar-refractivity contribution in [1.82, 2.24) is 19.8 Å². The van der Waals surface area contributed by atoms with Gasteiger partial charge < -0.3 is 29.9 Å². The Kier molecular flexibility index (Phi) is 6.16. The highest BCUT2D eigenvalue weighted by Crippen LogP contribution is 2.38. The van der Waals surface area contributed by atoms with Crippen LogP contribution in [-0.4, -0.2) is 71.2 Å². The number of likely N-dealkylation sites (N-methyl/N-ethyl adjacent to an activating group) is 1. The Hall–Kier alpha value is -4.09. The molecule has 3 N–H and O–H groups in total. The largest absolute Gasteiger partial charge is 0.480 e. The van der Waals surface area contributed by atoms with Crippen LogP contribution in [0.2, 0.25) is 0 Å². The number of ether oxygens (including phenoxy) is 1. The lowest BCUT2D eigenvalue weighted by atomic mass is 10.0. The fourth-order valence-corrected chi connectivity index (χ4v) is 5.40. The first-order valence-electron chi connectivity index (χ1n) is 12.8. The van der Waals surface area contributed by atoms with E-state index in [1.807, 2.05) is 41.3 Å². The van der Waals surface area contributed by atoms with E-state index in [0.717, 1.165) is 42.9 Å². The minimum absolute atomic E-state index is 0.0729. The summed E-state index contributed by atoms with van der Waals surface area (Å²) in [4.78, 5) is 18.6. The van der Waals surface area contributed by atoms with Gasteiger partial charge in [0.05, 0.1) is 24.7 Å². The maximum absolute atomic E-state index is 12.8. The van der Waals surface area contributed by atoms with Gasteiger partial charge in [0.15, 0.2) is 17.6 Å². The predicted molar refractivity (Wildman–Crippen MR) is 144 cm³/mol. The summed E-state index contributed by atoms with van der Waals surface area (Å²) in [6.07, 6.45) is 1.98. The van der Waals surface area contributed by atoms with Crippen molar-refractivity contribution in [1.29, 1.82) is 0 Å². The number of fused-ring (bicyclic) bond motifs is 2. The predicted octanol–water partition coefficient (Wildman–Crippen LogP) is 2.72. The summed E-state index contributed by atoms with van der Waals surface area (Å²) < 4.78 is 12.5. The summed E-state index contributed by atoms with van der Waals surface area (Å²) in [6.45, 7) is 2.98. The van der Waals surface area contributed by atoms with Crippen LogP contribution in [0, 0.1) is 0 Å². The van der Waals surface area contributed by atoms with Crippen LogP contribution < -0.4 is 20.3 Å². The van der Waals surface area contributed by atoms with E-state index < -0.39 is 6.23 Å². The second kappa shape index (κ2) is 9.66. The molecule has 0 saturated carbocycles. The van der Waals surface area contributed by atoms with Gasteiger partial charge in [-0.3, -0.25) is 9.69 Å². The van der Waals surface area contributed by atoms with Gasteiger partial charge in [-0.25, -0.2) is 4.68 Å². The van der Waals surface area contributed by atoms with Crippen molar-refractivity contribution < 1.29 is 19.2 Å². The van der Waals surface area contributed by atoms with E-state index in [9.17, 15) is 9.90 Å². The van der Waals surface area contributed by atoms with Crippen LogP contribution in [-0.2, 0) is 11.2 Å². The normalized spacial score (nSPS) is 17.7. The molecule has 1 unspecified atom stereocenters. The first-order chi connectivity index (χ1) is 18.4. The molecule has 11 nitrogen and oxygen atoms in total. The number of hydrogen-bond acceptors (Lipinski definition) is 9. The first-order valence-corrected chi connectivity index (χ1v) is 12.8. The molecule has 0 bridgehead atoms. The molecule has 0 spiro atoms. The van der Waals surface area contributed by atoms with E-state index in [2.05, 4.69) is 15.2 Å². The van der Waals surface area contributed by atoms with Gasteiger partial charge in [-0.2, -0.15) is 0 Å². The second-order valence-electron chi connectivity index (χ2n) is 9.80. The van der Waals surface area contributed by atoms with Crippen molar-refractivity contribution in [3.8, 4) is 11.6 Å². The van der Waals surface area contributed by atoms with Crippen LogP contribution >= 0.6 is 0 Å². The number of aliphatic hydroxyl groups excluding tert-OH is 1. The molecule has 6 rings (SSSR count). The third-order valence-electron chi connectivity index (χ3n) is 7.55. The van der Waals surface area contributed by atoms with E-state index in [4.69, 9.17) is 15.0 Å². The Morgan fingerprint density at radius 3 is 2.63 bits per heavy atom. The Morgan fingerprint density at radius 1 is 1.16 bits per heavy atom. The molecule has 1 atom stereocenters. The summed E-state index contributed by atoms with van der Waals surface area (Å²) in [5.74, 6) is 0.843. The standard InChI is InChI=1S/C27H31N7O4/c1-31(23(35)16-32-12-3-4-13-32)17-5-7-18(8-6-17)33-14-11-20-24(27(33)36)34(29-26(20)37-2)19-9-10-22-21(15-19)25(28)30-38-22/h5-10,15,27,36H,3-4,11-14,16H2,1-2H3,(H2,28,30). The molecular weight excluding hydrogens is 486 g/mol. The zero-order valence-electron chi connectivity index (χ0n) is 21.5. The maximum atomic E-state index is 12.8. The van der Waals surface area contributed by atoms with Gasteiger partial charge in [-0.05, 0) is 74.8 Å². The Morgan fingerprint density at radius 2 is 1.89 bits per heavy atom. The smallest absolute Gasteiger partial charge is 0.240 e. The molecule has 4 aromatic rings. The van der Waals surface area contributed by atoms with Crippen molar-refractivity contribution in [2.45, 2.75) is 25.5 Å². The highest BCUT2D eigenvalue weighted by Gasteiger charge is 2.34. The van der Waals surface area contributed by atoms with Crippen molar-refractivity contribution in [3.05, 3.63) is 53.7 Å². The molecule has 2 aliphatic heterocycles. The number of carbonyl (C=O) groups is 1. The minimum Gasteiger partial charge on any atom is -0.480 e. The Balaban J connectivity index is 1.27. The van der Waals surface area contributed by atoms with E-state index >= 15 is 0 Å². The second-order valence-corrected chi connectivity index (χ2v) is 9.80. The molecule has 2 aliphatic rings. The number of methoxy groups -OCH3 is 1. The number of amides is 1. The Labute approximate surface area is 219 Å². The summed E-state index contributed by atoms with van der Waals surface area (Å²) in [5.41, 5.74) is 10.4. The molecule has 0 aliphatic carbocycles. The Bertz CT molecular complexity index is 1470. The van der Waals surface area contributed by atoms with Gasteiger partial charge in [0.25, 0.3) is 0 Å². The first kappa shape index (κ1) is 24.3. The van der Waals surface area contributed by atoms with Gasteiger partial charge in [-0.15, -0.1) is 5.10 Å². The van der Waals surface area contributed by atoms with Crippen LogP contribution in [0.5, 0.6) is 5.88 Å². The number of aliphatic hydroxyl groups is 1. The molecule has 4 heterocycles. The number of nitrogens with zero attached hydrogens (tertiary/aromatic N) is 6. The van der Waals surface area contributed by atoms with E-state index in [0.29, 0.717) is 53.6 Å². The molecular formula is C27H31N7O4. The van der Waals surface area contributed by atoms with Crippen LogP contribution in [0.25, 0.3) is 16.7 Å². The van der Waals surface area contributed by atoms with E-state index in [-0.39, 0.29) is 5.91 Å². The topological polar surface area (TPSA) is 126 Å². The minimum atomic E-state index is -0.967. The molecule has 1 amide bonds. The molecule has 38 heavy (non-hydrogen) atoms. The van der Waals surface area contributed by atoms with Gasteiger partial charge in [-0.1, -0.05) is 5.16 Å². The van der Waals surface area contributed by atoms with Crippen molar-refractivity contribution in [2.24, 2.45) is 0 Å². The average Bonchev–Trinajstić information content (AvgIpc) is 3.68. The number of benzene rings is 2. The third kappa shape index (κ3) is 4.13. The lowest BCUT2D eigenvalue weighted by molar-refractivity contribution is -0.119. The molecule has 0 radical (unpaired) electrons. The number of rotatable bonds is 6. The molecule has 11 heteroatoms. The molecule has 1 saturated heterocycles. The van der Waals surface area contributed by atoms with Crippen molar-refractivity contribution in [3.63, 3.8) is 0 Å². The lowest BCUT2D eigenvalue weighted by Gasteiger charge is -2.35. The van der Waals surface area contributed by atoms with Crippen molar-refractivity contribution >= 4 is 34.1 Å². The zero-order valence-corrected chi connectivity index (χ0v) is 21.5. The van der Waals surface area contributed by atoms with E-state index in [1.54, 1.807) is 29.8 Å². The van der Waals surface area contributed by atoms with Crippen molar-refractivity contribution in [2.75, 3.05) is 55.9 Å². The summed E-state index contributed by atoms with van der Waals surface area (Å²) in [6, 6.07) is 13.2. The number of carbonyl (C=O) groups excluding carboxylic acids is 1. The van der Waals surface area contributed by atoms with Gasteiger partial charge in [0.1, 0.15) is 5.69 Å². The number of nitrogen functional groups attached to an aromatic ring is 1. The van der Waals surface area contributed by atoms with Crippen LogP contribution in [0.15, 0.2) is 47.0 Å². The molecule has 1 fully saturated rings. The summed E-state index contributed by atoms with van der Waals surface area (Å²) in [7, 11) is 3.38. The number of likely N-dealkylation sites (tertiary alicyclic amines) is 1. The van der Waals surface area contributed by atoms with Gasteiger partial charge in [0.2, 0.25) is 11.8 Å². The third-order valence-corrected chi connectivity index (χ3v) is 7.55. The fraction of sp³-hybridized carbons (Fsp3) is 0.370.